The Morgan fingerprint density at radius 3 is 2.55 bits per heavy atom. The van der Waals surface area contributed by atoms with Crippen molar-refractivity contribution in [3.8, 4) is 22.9 Å². The minimum absolute atomic E-state index is 0.0441. The lowest BCUT2D eigenvalue weighted by atomic mass is 9.89. The van der Waals surface area contributed by atoms with Crippen LogP contribution in [0.25, 0.3) is 11.3 Å². The molecular formula is C31H39F3N6O2. The number of pyridine rings is 1. The third-order valence-corrected chi connectivity index (χ3v) is 7.98. The van der Waals surface area contributed by atoms with Gasteiger partial charge in [0, 0.05) is 30.3 Å². The summed E-state index contributed by atoms with van der Waals surface area (Å²) in [5.74, 6) is -0.365. The number of benzene rings is 1. The minimum Gasteiger partial charge on any atom is -0.481 e. The first-order valence-electron chi connectivity index (χ1n) is 14.5. The Balaban J connectivity index is 1.35. The summed E-state index contributed by atoms with van der Waals surface area (Å²) >= 11 is 0. The van der Waals surface area contributed by atoms with E-state index in [0.29, 0.717) is 29.0 Å². The van der Waals surface area contributed by atoms with Gasteiger partial charge in [0.2, 0.25) is 5.88 Å². The van der Waals surface area contributed by atoms with E-state index in [2.05, 4.69) is 39.9 Å². The predicted molar refractivity (Wildman–Crippen MR) is 156 cm³/mol. The molecule has 0 N–H and O–H groups in total. The van der Waals surface area contributed by atoms with Gasteiger partial charge in [0.15, 0.2) is 17.4 Å². The molecule has 2 aromatic heterocycles. The molecule has 2 aliphatic rings. The number of likely N-dealkylation sites (N-methyl/N-ethyl adjacent to an activating group) is 1. The first-order chi connectivity index (χ1) is 20.1. The molecule has 3 aromatic rings. The topological polar surface area (TPSA) is 66.9 Å². The second-order valence-corrected chi connectivity index (χ2v) is 11.6. The Hall–Kier alpha value is -3.44. The molecule has 0 saturated carbocycles. The highest BCUT2D eigenvalue weighted by atomic mass is 19.1. The summed E-state index contributed by atoms with van der Waals surface area (Å²) in [6, 6.07) is 6.58. The van der Waals surface area contributed by atoms with Crippen LogP contribution in [-0.2, 0) is 6.42 Å². The number of nitrogens with zero attached hydrogens (tertiary/aromatic N) is 6. The van der Waals surface area contributed by atoms with Crippen LogP contribution in [0.2, 0.25) is 0 Å². The number of aromatic nitrogens is 3. The summed E-state index contributed by atoms with van der Waals surface area (Å²) in [7, 11) is 5.80. The molecule has 1 atom stereocenters. The average molecular weight is 585 g/mol. The van der Waals surface area contributed by atoms with Gasteiger partial charge in [-0.05, 0) is 78.0 Å². The van der Waals surface area contributed by atoms with Gasteiger partial charge in [-0.1, -0.05) is 6.07 Å². The van der Waals surface area contributed by atoms with Crippen molar-refractivity contribution in [1.82, 2.24) is 24.8 Å². The quantitative estimate of drug-likeness (QED) is 0.346. The molecule has 0 amide bonds. The van der Waals surface area contributed by atoms with E-state index in [9.17, 15) is 8.78 Å². The van der Waals surface area contributed by atoms with Gasteiger partial charge in [0.25, 0.3) is 6.36 Å². The van der Waals surface area contributed by atoms with Gasteiger partial charge in [0.05, 0.1) is 37.7 Å². The number of anilines is 1. The van der Waals surface area contributed by atoms with Crippen LogP contribution in [0.1, 0.15) is 49.7 Å². The van der Waals surface area contributed by atoms with Crippen molar-refractivity contribution in [3.05, 3.63) is 59.2 Å². The summed E-state index contributed by atoms with van der Waals surface area (Å²) in [6.45, 7) is 7.87. The first-order valence-corrected chi connectivity index (χ1v) is 14.5. The fraction of sp³-hybridized carbons (Fsp3) is 0.516. The van der Waals surface area contributed by atoms with E-state index in [1.807, 2.05) is 19.9 Å². The number of likely N-dealkylation sites (tertiary alicyclic amines) is 1. The van der Waals surface area contributed by atoms with E-state index >= 15 is 4.39 Å². The van der Waals surface area contributed by atoms with Gasteiger partial charge in [0.1, 0.15) is 11.5 Å². The highest BCUT2D eigenvalue weighted by Gasteiger charge is 2.31. The standard InChI is InChI=1S/C31H39F3N6O2/c1-19(2)40-18-27(34)42-30-24(32)14-21(15-26(30)40)29-25(33)17-35-28(37-29)16-22-6-7-23(31(36-22)41-5)20-8-10-39(11-9-20)13-12-38(3)4/h6-7,14-15,17,19-20,27H,8-13,16,18H2,1-5H3. The third kappa shape index (κ3) is 6.62. The molecule has 8 nitrogen and oxygen atoms in total. The molecule has 1 unspecified atom stereocenters. The van der Waals surface area contributed by atoms with Gasteiger partial charge in [-0.15, -0.1) is 0 Å². The van der Waals surface area contributed by atoms with Crippen LogP contribution in [0.4, 0.5) is 18.9 Å². The Kier molecular flexibility index (Phi) is 9.17. The number of ether oxygens (including phenoxy) is 2. The monoisotopic (exact) mass is 584 g/mol. The highest BCUT2D eigenvalue weighted by Crippen LogP contribution is 2.41. The van der Waals surface area contributed by atoms with Gasteiger partial charge < -0.3 is 24.2 Å². The molecule has 0 radical (unpaired) electrons. The number of halogens is 3. The zero-order valence-electron chi connectivity index (χ0n) is 24.9. The molecule has 1 fully saturated rings. The van der Waals surface area contributed by atoms with Gasteiger partial charge in [-0.2, -0.15) is 4.39 Å². The van der Waals surface area contributed by atoms with Crippen LogP contribution in [-0.4, -0.2) is 91.1 Å². The molecule has 5 rings (SSSR count). The average Bonchev–Trinajstić information content (AvgIpc) is 2.97. The number of rotatable bonds is 9. The molecule has 0 bridgehead atoms. The van der Waals surface area contributed by atoms with Crippen molar-refractivity contribution < 1.29 is 22.6 Å². The van der Waals surface area contributed by atoms with Crippen molar-refractivity contribution in [3.63, 3.8) is 0 Å². The van der Waals surface area contributed by atoms with E-state index in [1.165, 1.54) is 0 Å². The van der Waals surface area contributed by atoms with E-state index in [-0.39, 0.29) is 36.0 Å². The zero-order valence-corrected chi connectivity index (χ0v) is 24.9. The van der Waals surface area contributed by atoms with Crippen LogP contribution < -0.4 is 14.4 Å². The summed E-state index contributed by atoms with van der Waals surface area (Å²) in [6.07, 6.45) is 1.75. The summed E-state index contributed by atoms with van der Waals surface area (Å²) < 4.78 is 55.0. The normalized spacial score (nSPS) is 18.0. The summed E-state index contributed by atoms with van der Waals surface area (Å²) in [4.78, 5) is 19.7. The fourth-order valence-corrected chi connectivity index (χ4v) is 5.68. The van der Waals surface area contributed by atoms with Crippen LogP contribution in [0.15, 0.2) is 30.5 Å². The van der Waals surface area contributed by atoms with E-state index in [0.717, 1.165) is 56.8 Å². The molecular weight excluding hydrogens is 545 g/mol. The van der Waals surface area contributed by atoms with Crippen LogP contribution in [0, 0.1) is 11.6 Å². The van der Waals surface area contributed by atoms with Crippen molar-refractivity contribution in [2.75, 3.05) is 58.8 Å². The number of methoxy groups -OCH3 is 1. The summed E-state index contributed by atoms with van der Waals surface area (Å²) in [5, 5.41) is 0. The Morgan fingerprint density at radius 2 is 1.86 bits per heavy atom. The number of alkyl halides is 1. The largest absolute Gasteiger partial charge is 0.481 e. The maximum absolute atomic E-state index is 15.1. The Morgan fingerprint density at radius 1 is 1.10 bits per heavy atom. The van der Waals surface area contributed by atoms with E-state index < -0.39 is 18.0 Å². The fourth-order valence-electron chi connectivity index (χ4n) is 5.68. The van der Waals surface area contributed by atoms with E-state index in [1.54, 1.807) is 18.1 Å². The minimum atomic E-state index is -1.65. The van der Waals surface area contributed by atoms with Gasteiger partial charge >= 0.3 is 0 Å². The lowest BCUT2D eigenvalue weighted by molar-refractivity contribution is 0.0591. The molecule has 42 heavy (non-hydrogen) atoms. The molecule has 11 heteroatoms. The lowest BCUT2D eigenvalue weighted by Gasteiger charge is -2.36. The van der Waals surface area contributed by atoms with Crippen molar-refractivity contribution in [2.45, 2.75) is 51.4 Å². The molecule has 1 saturated heterocycles. The van der Waals surface area contributed by atoms with E-state index in [4.69, 9.17) is 14.5 Å². The van der Waals surface area contributed by atoms with Crippen molar-refractivity contribution >= 4 is 5.69 Å². The second kappa shape index (κ2) is 12.8. The van der Waals surface area contributed by atoms with Crippen LogP contribution in [0.3, 0.4) is 0 Å². The number of hydrogen-bond acceptors (Lipinski definition) is 8. The third-order valence-electron chi connectivity index (χ3n) is 7.98. The smallest absolute Gasteiger partial charge is 0.256 e. The number of piperidine rings is 1. The molecule has 4 heterocycles. The molecule has 0 spiro atoms. The summed E-state index contributed by atoms with van der Waals surface area (Å²) in [5.41, 5.74) is 2.31. The molecule has 1 aromatic carbocycles. The second-order valence-electron chi connectivity index (χ2n) is 11.6. The molecule has 226 valence electrons. The zero-order chi connectivity index (χ0) is 30.0. The van der Waals surface area contributed by atoms with Crippen LogP contribution >= 0.6 is 0 Å². The van der Waals surface area contributed by atoms with Gasteiger partial charge in [-0.25, -0.2) is 23.7 Å². The Labute approximate surface area is 245 Å². The molecule has 2 aliphatic heterocycles. The maximum Gasteiger partial charge on any atom is 0.256 e. The Bertz CT molecular complexity index is 1400. The highest BCUT2D eigenvalue weighted by molar-refractivity contribution is 5.72. The number of fused-ring (bicyclic) bond motifs is 1. The van der Waals surface area contributed by atoms with Gasteiger partial charge in [-0.3, -0.25) is 0 Å². The molecule has 0 aliphatic carbocycles. The SMILES string of the molecule is COc1nc(Cc2ncc(F)c(-c3cc(F)c4c(c3)N(C(C)C)CC(F)O4)n2)ccc1C1CCN(CCN(C)C)CC1. The number of hydrogen-bond donors (Lipinski definition) is 0. The van der Waals surface area contributed by atoms with Crippen LogP contribution in [0.5, 0.6) is 11.6 Å². The maximum atomic E-state index is 15.1. The first kappa shape index (κ1) is 30.0. The van der Waals surface area contributed by atoms with Crippen molar-refractivity contribution in [1.29, 1.82) is 0 Å². The van der Waals surface area contributed by atoms with Crippen molar-refractivity contribution in [2.24, 2.45) is 0 Å². The predicted octanol–water partition coefficient (Wildman–Crippen LogP) is 5.06. The lowest BCUT2D eigenvalue weighted by Crippen LogP contribution is -2.42.